The van der Waals surface area contributed by atoms with Crippen LogP contribution in [0.15, 0.2) is 46.9 Å². The molecule has 0 bridgehead atoms. The molecule has 1 aliphatic rings. The van der Waals surface area contributed by atoms with Crippen molar-refractivity contribution in [2.24, 2.45) is 0 Å². The Morgan fingerprint density at radius 2 is 1.65 bits per heavy atom. The number of hydrogen-bond donors (Lipinski definition) is 0. The molecule has 26 heavy (non-hydrogen) atoms. The van der Waals surface area contributed by atoms with E-state index < -0.39 is 0 Å². The zero-order chi connectivity index (χ0) is 17.9. The monoisotopic (exact) mass is 353 g/mol. The fraction of sp³-hybridized carbons (Fsp3) is 0.333. The van der Waals surface area contributed by atoms with E-state index in [0.717, 1.165) is 60.7 Å². The molecule has 2 aromatic carbocycles. The highest BCUT2D eigenvalue weighted by atomic mass is 16.5. The van der Waals surface area contributed by atoms with Crippen molar-refractivity contribution in [2.75, 3.05) is 40.5 Å². The Morgan fingerprint density at radius 3 is 2.35 bits per heavy atom. The Bertz CT molecular complexity index is 882. The van der Waals surface area contributed by atoms with E-state index in [1.165, 1.54) is 0 Å². The van der Waals surface area contributed by atoms with Crippen LogP contribution in [0.3, 0.4) is 0 Å². The van der Waals surface area contributed by atoms with Crippen LogP contribution in [0, 0.1) is 0 Å². The number of ether oxygens (including phenoxy) is 3. The molecule has 1 saturated heterocycles. The highest BCUT2D eigenvalue weighted by molar-refractivity contribution is 5.97. The number of morpholine rings is 1. The zero-order valence-electron chi connectivity index (χ0n) is 15.2. The Balaban J connectivity index is 1.85. The summed E-state index contributed by atoms with van der Waals surface area (Å²) >= 11 is 0. The minimum atomic E-state index is 0.672. The first kappa shape index (κ1) is 16.9. The summed E-state index contributed by atoms with van der Waals surface area (Å²) < 4.78 is 22.7. The van der Waals surface area contributed by atoms with Crippen LogP contribution >= 0.6 is 0 Å². The van der Waals surface area contributed by atoms with Gasteiger partial charge < -0.3 is 18.6 Å². The average molecular weight is 353 g/mol. The smallest absolute Gasteiger partial charge is 0.164 e. The molecule has 136 valence electrons. The van der Waals surface area contributed by atoms with Crippen LogP contribution in [0.5, 0.6) is 11.5 Å². The first-order chi connectivity index (χ1) is 12.8. The lowest BCUT2D eigenvalue weighted by Crippen LogP contribution is -2.35. The molecule has 1 aliphatic heterocycles. The van der Waals surface area contributed by atoms with Gasteiger partial charge >= 0.3 is 0 Å². The Labute approximate surface area is 153 Å². The molecule has 5 heteroatoms. The van der Waals surface area contributed by atoms with Crippen LogP contribution in [0.1, 0.15) is 5.76 Å². The lowest BCUT2D eigenvalue weighted by Gasteiger charge is -2.25. The minimum absolute atomic E-state index is 0.672. The van der Waals surface area contributed by atoms with Crippen molar-refractivity contribution in [1.82, 2.24) is 4.90 Å². The lowest BCUT2D eigenvalue weighted by molar-refractivity contribution is 0.0316. The van der Waals surface area contributed by atoms with E-state index in [0.29, 0.717) is 11.5 Å². The van der Waals surface area contributed by atoms with Gasteiger partial charge in [0.2, 0.25) is 0 Å². The van der Waals surface area contributed by atoms with Crippen LogP contribution in [0.25, 0.3) is 22.1 Å². The number of rotatable bonds is 5. The summed E-state index contributed by atoms with van der Waals surface area (Å²) in [5.74, 6) is 2.34. The van der Waals surface area contributed by atoms with Crippen molar-refractivity contribution in [3.05, 3.63) is 48.2 Å². The van der Waals surface area contributed by atoms with Crippen LogP contribution in [0.4, 0.5) is 0 Å². The second-order valence-corrected chi connectivity index (χ2v) is 6.36. The summed E-state index contributed by atoms with van der Waals surface area (Å²) in [6.45, 7) is 4.12. The number of methoxy groups -OCH3 is 2. The highest BCUT2D eigenvalue weighted by Gasteiger charge is 2.21. The van der Waals surface area contributed by atoms with Crippen LogP contribution in [0.2, 0.25) is 0 Å². The van der Waals surface area contributed by atoms with Gasteiger partial charge in [-0.3, -0.25) is 4.90 Å². The third-order valence-corrected chi connectivity index (χ3v) is 4.80. The first-order valence-electron chi connectivity index (χ1n) is 8.83. The number of hydrogen-bond acceptors (Lipinski definition) is 5. The van der Waals surface area contributed by atoms with E-state index in [2.05, 4.69) is 17.0 Å². The molecule has 0 spiro atoms. The van der Waals surface area contributed by atoms with E-state index >= 15 is 0 Å². The maximum atomic E-state index is 6.28. The van der Waals surface area contributed by atoms with Gasteiger partial charge in [-0.05, 0) is 11.6 Å². The van der Waals surface area contributed by atoms with E-state index in [1.54, 1.807) is 14.2 Å². The van der Waals surface area contributed by atoms with Crippen molar-refractivity contribution < 1.29 is 18.6 Å². The van der Waals surface area contributed by atoms with Crippen molar-refractivity contribution in [1.29, 1.82) is 0 Å². The number of furan rings is 1. The lowest BCUT2D eigenvalue weighted by atomic mass is 10.0. The average Bonchev–Trinajstić information content (AvgIpc) is 3.04. The summed E-state index contributed by atoms with van der Waals surface area (Å²) in [6.07, 6.45) is 0. The van der Waals surface area contributed by atoms with Gasteiger partial charge in [0.15, 0.2) is 11.5 Å². The van der Waals surface area contributed by atoms with Crippen molar-refractivity contribution in [3.8, 4) is 22.6 Å². The van der Waals surface area contributed by atoms with Gasteiger partial charge in [-0.1, -0.05) is 30.3 Å². The second kappa shape index (κ2) is 7.40. The maximum absolute atomic E-state index is 6.28. The number of nitrogens with zero attached hydrogens (tertiary/aromatic N) is 1. The van der Waals surface area contributed by atoms with Crippen LogP contribution < -0.4 is 9.47 Å². The van der Waals surface area contributed by atoms with Gasteiger partial charge in [0.1, 0.15) is 11.3 Å². The van der Waals surface area contributed by atoms with E-state index in [1.807, 2.05) is 30.3 Å². The second-order valence-electron chi connectivity index (χ2n) is 6.36. The Hall–Kier alpha value is -2.50. The largest absolute Gasteiger partial charge is 0.493 e. The molecule has 0 saturated carbocycles. The molecule has 2 heterocycles. The summed E-state index contributed by atoms with van der Waals surface area (Å²) in [7, 11) is 3.29. The standard InChI is InChI=1S/C21H23NO4/c1-23-18-12-16-17(13-19(18)24-2)26-20(14-22-8-10-25-11-9-22)21(16)15-6-4-3-5-7-15/h3-7,12-13H,8-11,14H2,1-2H3. The van der Waals surface area contributed by atoms with E-state index in [9.17, 15) is 0 Å². The minimum Gasteiger partial charge on any atom is -0.493 e. The van der Waals surface area contributed by atoms with Crippen molar-refractivity contribution >= 4 is 11.0 Å². The van der Waals surface area contributed by atoms with Crippen LogP contribution in [-0.4, -0.2) is 45.4 Å². The third kappa shape index (κ3) is 3.16. The quantitative estimate of drug-likeness (QED) is 0.695. The van der Waals surface area contributed by atoms with Gasteiger partial charge in [-0.25, -0.2) is 0 Å². The summed E-state index contributed by atoms with van der Waals surface area (Å²) in [5, 5.41) is 1.04. The van der Waals surface area contributed by atoms with Crippen LogP contribution in [-0.2, 0) is 11.3 Å². The van der Waals surface area contributed by atoms with Gasteiger partial charge in [0.25, 0.3) is 0 Å². The van der Waals surface area contributed by atoms with Gasteiger partial charge in [0.05, 0.1) is 34.0 Å². The number of fused-ring (bicyclic) bond motifs is 1. The molecule has 3 aromatic rings. The molecule has 0 unspecified atom stereocenters. The summed E-state index contributed by atoms with van der Waals surface area (Å²) in [5.41, 5.74) is 3.07. The molecular weight excluding hydrogens is 330 g/mol. The normalized spacial score (nSPS) is 15.3. The fourth-order valence-electron chi connectivity index (χ4n) is 3.47. The highest BCUT2D eigenvalue weighted by Crippen LogP contribution is 2.41. The molecule has 4 rings (SSSR count). The SMILES string of the molecule is COc1cc2oc(CN3CCOCC3)c(-c3ccccc3)c2cc1OC. The maximum Gasteiger partial charge on any atom is 0.164 e. The molecule has 0 aliphatic carbocycles. The predicted octanol–water partition coefficient (Wildman–Crippen LogP) is 3.95. The molecule has 0 radical (unpaired) electrons. The molecule has 1 aromatic heterocycles. The van der Waals surface area contributed by atoms with E-state index in [4.69, 9.17) is 18.6 Å². The Kier molecular flexibility index (Phi) is 4.82. The molecule has 0 atom stereocenters. The topological polar surface area (TPSA) is 44.1 Å². The zero-order valence-corrected chi connectivity index (χ0v) is 15.2. The molecule has 5 nitrogen and oxygen atoms in total. The van der Waals surface area contributed by atoms with Crippen molar-refractivity contribution in [3.63, 3.8) is 0 Å². The molecular formula is C21H23NO4. The third-order valence-electron chi connectivity index (χ3n) is 4.80. The number of benzene rings is 2. The summed E-state index contributed by atoms with van der Waals surface area (Å²) in [4.78, 5) is 2.36. The molecule has 0 amide bonds. The molecule has 1 fully saturated rings. The first-order valence-corrected chi connectivity index (χ1v) is 8.83. The van der Waals surface area contributed by atoms with Gasteiger partial charge in [-0.2, -0.15) is 0 Å². The summed E-state index contributed by atoms with van der Waals surface area (Å²) in [6, 6.07) is 14.3. The van der Waals surface area contributed by atoms with Crippen molar-refractivity contribution in [2.45, 2.75) is 6.54 Å². The fourth-order valence-corrected chi connectivity index (χ4v) is 3.47. The Morgan fingerprint density at radius 1 is 0.962 bits per heavy atom. The van der Waals surface area contributed by atoms with Gasteiger partial charge in [0, 0.05) is 30.1 Å². The van der Waals surface area contributed by atoms with Gasteiger partial charge in [-0.15, -0.1) is 0 Å². The predicted molar refractivity (Wildman–Crippen MR) is 101 cm³/mol. The molecule has 0 N–H and O–H groups in total. The van der Waals surface area contributed by atoms with E-state index in [-0.39, 0.29) is 0 Å².